The second-order valence-corrected chi connectivity index (χ2v) is 9.72. The van der Waals surface area contributed by atoms with Crippen molar-refractivity contribution in [2.24, 2.45) is 0 Å². The van der Waals surface area contributed by atoms with Crippen molar-refractivity contribution in [1.29, 1.82) is 0 Å². The van der Waals surface area contributed by atoms with Gasteiger partial charge in [-0.1, -0.05) is 56.3 Å². The zero-order valence-electron chi connectivity index (χ0n) is 19.9. The summed E-state index contributed by atoms with van der Waals surface area (Å²) in [7, 11) is 0. The van der Waals surface area contributed by atoms with E-state index in [1.807, 2.05) is 36.4 Å². The maximum Gasteiger partial charge on any atom is 0.335 e. The fourth-order valence-electron chi connectivity index (χ4n) is 5.47. The summed E-state index contributed by atoms with van der Waals surface area (Å²) in [4.78, 5) is 45.2. The first-order valence-corrected chi connectivity index (χ1v) is 12.0. The van der Waals surface area contributed by atoms with Gasteiger partial charge in [0.25, 0.3) is 5.91 Å². The number of aromatic carboxylic acids is 1. The van der Waals surface area contributed by atoms with Gasteiger partial charge in [0.15, 0.2) is 0 Å². The summed E-state index contributed by atoms with van der Waals surface area (Å²) in [5.74, 6) is -0.989. The van der Waals surface area contributed by atoms with Crippen molar-refractivity contribution in [3.05, 3.63) is 101 Å². The number of hydrogen-bond donors (Lipinski definition) is 2. The lowest BCUT2D eigenvalue weighted by molar-refractivity contribution is -0.120. The molecule has 36 heavy (non-hydrogen) atoms. The van der Waals surface area contributed by atoms with Crippen LogP contribution in [-0.4, -0.2) is 38.9 Å². The molecular weight excluding hydrogens is 454 g/mol. The van der Waals surface area contributed by atoms with Gasteiger partial charge in [-0.05, 0) is 52.9 Å². The van der Waals surface area contributed by atoms with Crippen LogP contribution in [0.25, 0.3) is 10.9 Å². The fraction of sp³-hybridized carbons (Fsp3) is 0.207. The molecule has 3 heterocycles. The van der Waals surface area contributed by atoms with Crippen LogP contribution in [0.5, 0.6) is 0 Å². The lowest BCUT2D eigenvalue weighted by Crippen LogP contribution is -2.44. The highest BCUT2D eigenvalue weighted by Crippen LogP contribution is 2.45. The first kappa shape index (κ1) is 22.1. The Morgan fingerprint density at radius 2 is 1.67 bits per heavy atom. The van der Waals surface area contributed by atoms with Crippen LogP contribution in [0, 0.1) is 0 Å². The Labute approximate surface area is 208 Å². The molecule has 0 saturated carbocycles. The molecule has 2 N–H and O–H groups in total. The number of benzene rings is 3. The van der Waals surface area contributed by atoms with Crippen LogP contribution < -0.4 is 4.90 Å². The molecule has 0 bridgehead atoms. The third kappa shape index (κ3) is 3.23. The van der Waals surface area contributed by atoms with E-state index in [0.717, 1.165) is 27.7 Å². The molecular formula is C29H25N3O4. The predicted octanol–water partition coefficient (Wildman–Crippen LogP) is 5.47. The van der Waals surface area contributed by atoms with Gasteiger partial charge in [0.2, 0.25) is 0 Å². The van der Waals surface area contributed by atoms with Crippen LogP contribution in [0.3, 0.4) is 0 Å². The van der Waals surface area contributed by atoms with Gasteiger partial charge < -0.3 is 10.1 Å². The number of para-hydroxylation sites is 1. The number of rotatable bonds is 4. The van der Waals surface area contributed by atoms with Gasteiger partial charge in [-0.3, -0.25) is 9.69 Å². The molecule has 2 aliphatic heterocycles. The van der Waals surface area contributed by atoms with Crippen molar-refractivity contribution in [1.82, 2.24) is 9.88 Å². The van der Waals surface area contributed by atoms with E-state index in [9.17, 15) is 19.5 Å². The number of urea groups is 1. The van der Waals surface area contributed by atoms with E-state index in [0.29, 0.717) is 18.0 Å². The van der Waals surface area contributed by atoms with Gasteiger partial charge >= 0.3 is 12.0 Å². The van der Waals surface area contributed by atoms with Gasteiger partial charge in [0, 0.05) is 23.0 Å². The summed E-state index contributed by atoms with van der Waals surface area (Å²) >= 11 is 0. The van der Waals surface area contributed by atoms with Gasteiger partial charge in [0.05, 0.1) is 11.3 Å². The average molecular weight is 480 g/mol. The number of imide groups is 1. The van der Waals surface area contributed by atoms with Crippen molar-refractivity contribution < 1.29 is 19.5 Å². The van der Waals surface area contributed by atoms with Gasteiger partial charge in [-0.15, -0.1) is 0 Å². The quantitative estimate of drug-likeness (QED) is 0.380. The van der Waals surface area contributed by atoms with Crippen LogP contribution in [0.2, 0.25) is 0 Å². The van der Waals surface area contributed by atoms with E-state index < -0.39 is 24.1 Å². The first-order valence-electron chi connectivity index (χ1n) is 12.0. The lowest BCUT2D eigenvalue weighted by Gasteiger charge is -2.36. The Bertz CT molecular complexity index is 1520. The minimum atomic E-state index is -1.06. The number of hydrogen-bond acceptors (Lipinski definition) is 3. The maximum absolute atomic E-state index is 13.9. The van der Waals surface area contributed by atoms with E-state index in [2.05, 4.69) is 31.0 Å². The molecule has 2 atom stereocenters. The number of amides is 3. The van der Waals surface area contributed by atoms with Crippen LogP contribution in [0.4, 0.5) is 10.5 Å². The summed E-state index contributed by atoms with van der Waals surface area (Å²) in [5.41, 5.74) is 5.55. The zero-order valence-corrected chi connectivity index (χ0v) is 19.9. The second kappa shape index (κ2) is 8.09. The predicted molar refractivity (Wildman–Crippen MR) is 136 cm³/mol. The number of fused-ring (bicyclic) bond motifs is 4. The highest BCUT2D eigenvalue weighted by Gasteiger charge is 2.53. The van der Waals surface area contributed by atoms with Crippen LogP contribution in [-0.2, 0) is 11.2 Å². The van der Waals surface area contributed by atoms with Gasteiger partial charge in [-0.25, -0.2) is 14.5 Å². The van der Waals surface area contributed by atoms with Gasteiger partial charge in [-0.2, -0.15) is 0 Å². The van der Waals surface area contributed by atoms with E-state index in [-0.39, 0.29) is 11.5 Å². The third-order valence-electron chi connectivity index (χ3n) is 7.34. The number of aromatic nitrogens is 1. The van der Waals surface area contributed by atoms with Crippen LogP contribution >= 0.6 is 0 Å². The molecule has 7 nitrogen and oxygen atoms in total. The normalized spacial score (nSPS) is 19.2. The van der Waals surface area contributed by atoms with E-state index in [1.165, 1.54) is 34.7 Å². The molecule has 0 unspecified atom stereocenters. The van der Waals surface area contributed by atoms with E-state index >= 15 is 0 Å². The number of aromatic amines is 1. The standard InChI is InChI=1S/C29H25N3O4/c1-16(2)17-7-9-18(10-8-17)26-25-22(21-5-3-4-6-23(21)30-25)15-24-27(33)31(29(36)32(24)26)20-13-11-19(12-14-20)28(34)35/h3-14,16,24,26,30H,15H2,1-2H3,(H,34,35)/t24-,26+/m1/s1. The van der Waals surface area contributed by atoms with Crippen LogP contribution in [0.15, 0.2) is 72.8 Å². The molecule has 4 aromatic rings. The monoisotopic (exact) mass is 479 g/mol. The highest BCUT2D eigenvalue weighted by atomic mass is 16.4. The summed E-state index contributed by atoms with van der Waals surface area (Å²) < 4.78 is 0. The molecule has 3 amide bonds. The Morgan fingerprint density at radius 3 is 2.33 bits per heavy atom. The number of anilines is 1. The topological polar surface area (TPSA) is 93.7 Å². The zero-order chi connectivity index (χ0) is 25.1. The Balaban J connectivity index is 1.49. The highest BCUT2D eigenvalue weighted by molar-refractivity contribution is 6.22. The lowest BCUT2D eigenvalue weighted by atomic mass is 9.88. The third-order valence-corrected chi connectivity index (χ3v) is 7.34. The molecule has 1 saturated heterocycles. The van der Waals surface area contributed by atoms with Crippen molar-refractivity contribution in [2.45, 2.75) is 38.3 Å². The molecule has 6 rings (SSSR count). The van der Waals surface area contributed by atoms with Crippen molar-refractivity contribution >= 4 is 34.5 Å². The molecule has 3 aromatic carbocycles. The number of carboxylic acids is 1. The average Bonchev–Trinajstić information content (AvgIpc) is 3.37. The second-order valence-electron chi connectivity index (χ2n) is 9.72. The summed E-state index contributed by atoms with van der Waals surface area (Å²) in [5, 5.41) is 10.3. The van der Waals surface area contributed by atoms with Crippen molar-refractivity contribution in [3.63, 3.8) is 0 Å². The van der Waals surface area contributed by atoms with E-state index in [4.69, 9.17) is 0 Å². The number of carbonyl (C=O) groups is 3. The number of nitrogens with one attached hydrogen (secondary N) is 1. The molecule has 0 spiro atoms. The largest absolute Gasteiger partial charge is 0.478 e. The first-order chi connectivity index (χ1) is 17.3. The molecule has 0 aliphatic carbocycles. The van der Waals surface area contributed by atoms with Crippen molar-refractivity contribution in [3.8, 4) is 0 Å². The number of carboxylic acid groups (broad SMARTS) is 1. The molecule has 180 valence electrons. The van der Waals surface area contributed by atoms with Crippen molar-refractivity contribution in [2.75, 3.05) is 4.90 Å². The Kier molecular flexibility index (Phi) is 4.96. The minimum Gasteiger partial charge on any atom is -0.478 e. The molecule has 2 aliphatic rings. The SMILES string of the molecule is CC(C)c1ccc([C@H]2c3[nH]c4ccccc4c3C[C@@H]3C(=O)N(c4ccc(C(=O)O)cc4)C(=O)N23)cc1. The molecule has 0 radical (unpaired) electrons. The van der Waals surface area contributed by atoms with Crippen LogP contribution in [0.1, 0.15) is 58.5 Å². The number of H-pyrrole nitrogens is 1. The maximum atomic E-state index is 13.9. The number of nitrogens with zero attached hydrogens (tertiary/aromatic N) is 2. The molecule has 7 heteroatoms. The fourth-order valence-corrected chi connectivity index (χ4v) is 5.47. The molecule has 1 fully saturated rings. The minimum absolute atomic E-state index is 0.0973. The van der Waals surface area contributed by atoms with Gasteiger partial charge in [0.1, 0.15) is 12.1 Å². The summed E-state index contributed by atoms with van der Waals surface area (Å²) in [6.45, 7) is 4.27. The summed E-state index contributed by atoms with van der Waals surface area (Å²) in [6, 6.07) is 20.6. The Hall–Kier alpha value is -4.39. The number of carbonyl (C=O) groups excluding carboxylic acids is 2. The van der Waals surface area contributed by atoms with E-state index in [1.54, 1.807) is 4.90 Å². The molecule has 1 aromatic heterocycles. The summed E-state index contributed by atoms with van der Waals surface area (Å²) in [6.07, 6.45) is 0.411. The Morgan fingerprint density at radius 1 is 0.972 bits per heavy atom. The smallest absolute Gasteiger partial charge is 0.335 e.